The molecule has 0 spiro atoms. The van der Waals surface area contributed by atoms with Gasteiger partial charge in [0.15, 0.2) is 11.6 Å². The Kier molecular flexibility index (Phi) is 3.56. The molecule has 3 rings (SSSR count). The summed E-state index contributed by atoms with van der Waals surface area (Å²) in [6.45, 7) is 1.48. The topological polar surface area (TPSA) is 42.9 Å². The number of hydrogen-bond donors (Lipinski definition) is 0. The fraction of sp³-hybridized carbons (Fsp3) is 0.0556. The molecule has 3 heteroatoms. The molecule has 1 aromatic heterocycles. The molecule has 102 valence electrons. The van der Waals surface area contributed by atoms with Crippen molar-refractivity contribution in [3.8, 4) is 22.5 Å². The molecule has 0 radical (unpaired) electrons. The van der Waals surface area contributed by atoms with Gasteiger partial charge in [-0.3, -0.25) is 4.79 Å². The van der Waals surface area contributed by atoms with Crippen LogP contribution in [-0.2, 0) is 0 Å². The lowest BCUT2D eigenvalue weighted by atomic mass is 10.1. The van der Waals surface area contributed by atoms with Crippen molar-refractivity contribution in [3.05, 3.63) is 72.6 Å². The predicted octanol–water partition coefficient (Wildman–Crippen LogP) is 4.01. The van der Waals surface area contributed by atoms with Crippen molar-refractivity contribution in [2.75, 3.05) is 0 Å². The molecule has 0 saturated carbocycles. The van der Waals surface area contributed by atoms with Crippen LogP contribution in [0.3, 0.4) is 0 Å². The van der Waals surface area contributed by atoms with Crippen molar-refractivity contribution in [2.24, 2.45) is 0 Å². The smallest absolute Gasteiger partial charge is 0.197 e. The average Bonchev–Trinajstić information content (AvgIpc) is 2.56. The van der Waals surface area contributed by atoms with Gasteiger partial charge in [-0.2, -0.15) is 0 Å². The van der Waals surface area contributed by atoms with Gasteiger partial charge in [0.1, 0.15) is 0 Å². The highest BCUT2D eigenvalue weighted by atomic mass is 16.1. The molecule has 0 unspecified atom stereocenters. The van der Waals surface area contributed by atoms with Gasteiger partial charge in [-0.15, -0.1) is 0 Å². The van der Waals surface area contributed by atoms with Crippen LogP contribution in [0.2, 0.25) is 0 Å². The minimum Gasteiger partial charge on any atom is -0.291 e. The van der Waals surface area contributed by atoms with E-state index < -0.39 is 0 Å². The molecule has 0 saturated heterocycles. The second-order valence-electron chi connectivity index (χ2n) is 4.75. The van der Waals surface area contributed by atoms with Crippen molar-refractivity contribution >= 4 is 5.78 Å². The van der Waals surface area contributed by atoms with Crippen LogP contribution in [0.25, 0.3) is 22.5 Å². The highest BCUT2D eigenvalue weighted by Gasteiger charge is 2.10. The number of Topliss-reactive ketones (excluding diaryl/α,β-unsaturated/α-hetero) is 1. The van der Waals surface area contributed by atoms with Crippen LogP contribution >= 0.6 is 0 Å². The Morgan fingerprint density at radius 1 is 0.762 bits per heavy atom. The van der Waals surface area contributed by atoms with Crippen LogP contribution in [-0.4, -0.2) is 15.8 Å². The summed E-state index contributed by atoms with van der Waals surface area (Å²) in [5.41, 5.74) is 3.46. The van der Waals surface area contributed by atoms with E-state index in [-0.39, 0.29) is 11.6 Å². The Hall–Kier alpha value is -2.81. The summed E-state index contributed by atoms with van der Waals surface area (Å²) in [5.74, 6) is 0.111. The van der Waals surface area contributed by atoms with Gasteiger partial charge in [0, 0.05) is 18.1 Å². The minimum atomic E-state index is -0.134. The summed E-state index contributed by atoms with van der Waals surface area (Å²) in [7, 11) is 0. The summed E-state index contributed by atoms with van der Waals surface area (Å²) in [6.07, 6.45) is 0. The molecule has 0 atom stereocenters. The Morgan fingerprint density at radius 3 is 1.57 bits per heavy atom. The van der Waals surface area contributed by atoms with Gasteiger partial charge >= 0.3 is 0 Å². The molecule has 3 aromatic rings. The maximum Gasteiger partial charge on any atom is 0.197 e. The molecule has 0 aliphatic rings. The van der Waals surface area contributed by atoms with Crippen LogP contribution in [0.1, 0.15) is 17.5 Å². The van der Waals surface area contributed by atoms with Gasteiger partial charge in [0.25, 0.3) is 0 Å². The van der Waals surface area contributed by atoms with Crippen molar-refractivity contribution < 1.29 is 4.79 Å². The molecule has 0 aliphatic heterocycles. The van der Waals surface area contributed by atoms with E-state index in [0.29, 0.717) is 0 Å². The van der Waals surface area contributed by atoms with E-state index in [1.807, 2.05) is 66.7 Å². The van der Waals surface area contributed by atoms with Gasteiger partial charge in [-0.25, -0.2) is 9.97 Å². The highest BCUT2D eigenvalue weighted by Crippen LogP contribution is 2.23. The zero-order chi connectivity index (χ0) is 14.7. The monoisotopic (exact) mass is 274 g/mol. The first kappa shape index (κ1) is 13.2. The maximum absolute atomic E-state index is 11.7. The van der Waals surface area contributed by atoms with E-state index in [2.05, 4.69) is 9.97 Å². The molecule has 0 amide bonds. The summed E-state index contributed by atoms with van der Waals surface area (Å²) in [5, 5.41) is 0. The van der Waals surface area contributed by atoms with Crippen LogP contribution < -0.4 is 0 Å². The summed E-state index contributed by atoms with van der Waals surface area (Å²) in [4.78, 5) is 20.4. The zero-order valence-corrected chi connectivity index (χ0v) is 11.7. The van der Waals surface area contributed by atoms with E-state index >= 15 is 0 Å². The van der Waals surface area contributed by atoms with Crippen molar-refractivity contribution in [1.82, 2.24) is 9.97 Å². The fourth-order valence-corrected chi connectivity index (χ4v) is 2.12. The van der Waals surface area contributed by atoms with E-state index in [0.717, 1.165) is 22.5 Å². The van der Waals surface area contributed by atoms with Crippen LogP contribution in [0.15, 0.2) is 66.7 Å². The predicted molar refractivity (Wildman–Crippen MR) is 82.9 cm³/mol. The van der Waals surface area contributed by atoms with Crippen LogP contribution in [0, 0.1) is 0 Å². The molecule has 2 aromatic carbocycles. The van der Waals surface area contributed by atoms with E-state index in [1.54, 1.807) is 0 Å². The largest absolute Gasteiger partial charge is 0.291 e. The number of ketones is 1. The van der Waals surface area contributed by atoms with Crippen LogP contribution in [0.4, 0.5) is 0 Å². The average molecular weight is 274 g/mol. The lowest BCUT2D eigenvalue weighted by Gasteiger charge is -2.07. The Morgan fingerprint density at radius 2 is 1.19 bits per heavy atom. The first-order valence-electron chi connectivity index (χ1n) is 6.75. The van der Waals surface area contributed by atoms with E-state index in [4.69, 9.17) is 0 Å². The molecule has 1 heterocycles. The number of aromatic nitrogens is 2. The Bertz CT molecular complexity index is 710. The van der Waals surface area contributed by atoms with E-state index in [9.17, 15) is 4.79 Å². The zero-order valence-electron chi connectivity index (χ0n) is 11.7. The van der Waals surface area contributed by atoms with Gasteiger partial charge in [0.05, 0.1) is 11.4 Å². The van der Waals surface area contributed by atoms with E-state index in [1.165, 1.54) is 6.92 Å². The lowest BCUT2D eigenvalue weighted by Crippen LogP contribution is -2.03. The third-order valence-electron chi connectivity index (χ3n) is 3.18. The van der Waals surface area contributed by atoms with Gasteiger partial charge < -0.3 is 0 Å². The second-order valence-corrected chi connectivity index (χ2v) is 4.75. The normalized spacial score (nSPS) is 10.3. The third kappa shape index (κ3) is 2.87. The van der Waals surface area contributed by atoms with Gasteiger partial charge in [-0.1, -0.05) is 60.7 Å². The molecular formula is C18H14N2O. The SMILES string of the molecule is CC(=O)c1nc(-c2ccccc2)cc(-c2ccccc2)n1. The molecule has 0 fully saturated rings. The number of carbonyl (C=O) groups excluding carboxylic acids is 1. The number of nitrogens with zero attached hydrogens (tertiary/aromatic N) is 2. The third-order valence-corrected chi connectivity index (χ3v) is 3.18. The van der Waals surface area contributed by atoms with Crippen molar-refractivity contribution in [1.29, 1.82) is 0 Å². The maximum atomic E-state index is 11.7. The summed E-state index contributed by atoms with van der Waals surface area (Å²) in [6, 6.07) is 21.5. The number of hydrogen-bond acceptors (Lipinski definition) is 3. The van der Waals surface area contributed by atoms with Gasteiger partial charge in [0.2, 0.25) is 0 Å². The Balaban J connectivity index is 2.18. The summed E-state index contributed by atoms with van der Waals surface area (Å²) >= 11 is 0. The van der Waals surface area contributed by atoms with Crippen LogP contribution in [0.5, 0.6) is 0 Å². The molecular weight excluding hydrogens is 260 g/mol. The minimum absolute atomic E-state index is 0.134. The number of rotatable bonds is 3. The molecule has 3 nitrogen and oxygen atoms in total. The molecule has 0 bridgehead atoms. The highest BCUT2D eigenvalue weighted by molar-refractivity contribution is 5.91. The van der Waals surface area contributed by atoms with Crippen molar-refractivity contribution in [3.63, 3.8) is 0 Å². The molecule has 21 heavy (non-hydrogen) atoms. The first-order valence-corrected chi connectivity index (χ1v) is 6.75. The summed E-state index contributed by atoms with van der Waals surface area (Å²) < 4.78 is 0. The first-order chi connectivity index (χ1) is 10.2. The quantitative estimate of drug-likeness (QED) is 0.678. The Labute approximate surface area is 123 Å². The van der Waals surface area contributed by atoms with Gasteiger partial charge in [-0.05, 0) is 6.07 Å². The van der Waals surface area contributed by atoms with Crippen molar-refractivity contribution in [2.45, 2.75) is 6.92 Å². The molecule has 0 N–H and O–H groups in total. The molecule has 0 aliphatic carbocycles. The number of benzene rings is 2. The standard InChI is InChI=1S/C18H14N2O/c1-13(21)18-19-16(14-8-4-2-5-9-14)12-17(20-18)15-10-6-3-7-11-15/h2-12H,1H3. The second kappa shape index (κ2) is 5.67. The lowest BCUT2D eigenvalue weighted by molar-refractivity contribution is 0.100. The number of carbonyl (C=O) groups is 1. The fourth-order valence-electron chi connectivity index (χ4n) is 2.12.